The highest BCUT2D eigenvalue weighted by Crippen LogP contribution is 2.35. The van der Waals surface area contributed by atoms with Gasteiger partial charge < -0.3 is 9.88 Å². The number of para-hydroxylation sites is 1. The number of hydrogen-bond acceptors (Lipinski definition) is 5. The maximum atomic E-state index is 13.3. The van der Waals surface area contributed by atoms with Crippen molar-refractivity contribution in [2.24, 2.45) is 0 Å². The molecule has 0 spiro atoms. The molecule has 2 aromatic carbocycles. The number of piperazine rings is 1. The zero-order chi connectivity index (χ0) is 24.7. The molecule has 0 bridgehead atoms. The monoisotopic (exact) mass is 496 g/mol. The molecule has 1 fully saturated rings. The number of H-pyrrole nitrogens is 1. The molecule has 34 heavy (non-hydrogen) atoms. The van der Waals surface area contributed by atoms with E-state index in [4.69, 9.17) is 0 Å². The van der Waals surface area contributed by atoms with Gasteiger partial charge in [-0.05, 0) is 24.3 Å². The summed E-state index contributed by atoms with van der Waals surface area (Å²) >= 11 is 0. The lowest BCUT2D eigenvalue weighted by Crippen LogP contribution is -2.52. The molecule has 0 aliphatic carbocycles. The normalized spacial score (nSPS) is 15.6. The van der Waals surface area contributed by atoms with Crippen LogP contribution in [0.25, 0.3) is 10.9 Å². The predicted molar refractivity (Wildman–Crippen MR) is 116 cm³/mol. The molecule has 4 rings (SSSR count). The summed E-state index contributed by atoms with van der Waals surface area (Å²) in [6.45, 7) is -1.23. The Morgan fingerprint density at radius 1 is 0.941 bits per heavy atom. The van der Waals surface area contributed by atoms with Gasteiger partial charge in [-0.1, -0.05) is 24.3 Å². The lowest BCUT2D eigenvalue weighted by molar-refractivity contribution is -0.139. The van der Waals surface area contributed by atoms with E-state index in [1.54, 1.807) is 18.2 Å². The van der Waals surface area contributed by atoms with E-state index in [0.29, 0.717) is 11.6 Å². The highest BCUT2D eigenvalue weighted by molar-refractivity contribution is 7.89. The topological polar surface area (TPSA) is 113 Å². The summed E-state index contributed by atoms with van der Waals surface area (Å²) in [5.74, 6) is -0.587. The standard InChI is InChI=1S/C21H19F3N4O5S/c22-21(23,24)15-6-2-4-8-17(15)34(32,33)27-11-9-26(10-12-27)18(29)13-28-19(30)14-5-1-3-7-16(14)25-20(28)31/h1-8H,9-13H2,(H,25,31). The first kappa shape index (κ1) is 23.7. The molecular weight excluding hydrogens is 477 g/mol. The fourth-order valence-corrected chi connectivity index (χ4v) is 5.45. The van der Waals surface area contributed by atoms with Crippen molar-refractivity contribution < 1.29 is 26.4 Å². The van der Waals surface area contributed by atoms with Gasteiger partial charge in [0.1, 0.15) is 6.54 Å². The van der Waals surface area contributed by atoms with E-state index in [1.165, 1.54) is 17.0 Å². The molecular formula is C21H19F3N4O5S. The van der Waals surface area contributed by atoms with Crippen molar-refractivity contribution in [1.29, 1.82) is 0 Å². The summed E-state index contributed by atoms with van der Waals surface area (Å²) < 4.78 is 67.3. The number of aromatic amines is 1. The maximum absolute atomic E-state index is 13.3. The van der Waals surface area contributed by atoms with Crippen LogP contribution in [0.4, 0.5) is 13.2 Å². The molecule has 0 saturated carbocycles. The molecule has 2 heterocycles. The zero-order valence-corrected chi connectivity index (χ0v) is 18.4. The van der Waals surface area contributed by atoms with E-state index in [1.807, 2.05) is 0 Å². The molecule has 1 amide bonds. The molecule has 1 saturated heterocycles. The van der Waals surface area contributed by atoms with E-state index >= 15 is 0 Å². The van der Waals surface area contributed by atoms with Gasteiger partial charge in [-0.15, -0.1) is 0 Å². The van der Waals surface area contributed by atoms with Crippen LogP contribution in [0.3, 0.4) is 0 Å². The van der Waals surface area contributed by atoms with Gasteiger partial charge in [-0.2, -0.15) is 17.5 Å². The largest absolute Gasteiger partial charge is 0.417 e. The van der Waals surface area contributed by atoms with Crippen LogP contribution in [-0.2, 0) is 27.5 Å². The number of carbonyl (C=O) groups is 1. The van der Waals surface area contributed by atoms with Crippen LogP contribution in [0.2, 0.25) is 0 Å². The maximum Gasteiger partial charge on any atom is 0.417 e. The van der Waals surface area contributed by atoms with Gasteiger partial charge in [0.15, 0.2) is 0 Å². The first-order chi connectivity index (χ1) is 16.0. The average Bonchev–Trinajstić information content (AvgIpc) is 2.81. The number of hydrogen-bond donors (Lipinski definition) is 1. The molecule has 180 valence electrons. The average molecular weight is 496 g/mol. The Balaban J connectivity index is 1.50. The summed E-state index contributed by atoms with van der Waals surface area (Å²) in [4.78, 5) is 40.6. The molecule has 0 atom stereocenters. The van der Waals surface area contributed by atoms with Gasteiger partial charge in [0.25, 0.3) is 5.56 Å². The number of nitrogens with one attached hydrogen (secondary N) is 1. The van der Waals surface area contributed by atoms with Gasteiger partial charge >= 0.3 is 11.9 Å². The van der Waals surface area contributed by atoms with E-state index in [2.05, 4.69) is 4.98 Å². The lowest BCUT2D eigenvalue weighted by atomic mass is 10.2. The Morgan fingerprint density at radius 2 is 1.56 bits per heavy atom. The Labute approximate surface area is 191 Å². The highest BCUT2D eigenvalue weighted by Gasteiger charge is 2.39. The minimum absolute atomic E-state index is 0.105. The van der Waals surface area contributed by atoms with E-state index in [9.17, 15) is 36.0 Å². The molecule has 1 aliphatic heterocycles. The smallest absolute Gasteiger partial charge is 0.338 e. The summed E-state index contributed by atoms with van der Waals surface area (Å²) in [7, 11) is -4.46. The first-order valence-corrected chi connectivity index (χ1v) is 11.6. The Morgan fingerprint density at radius 3 is 2.24 bits per heavy atom. The van der Waals surface area contributed by atoms with Crippen LogP contribution in [0.1, 0.15) is 5.56 Å². The van der Waals surface area contributed by atoms with Crippen LogP contribution in [0.15, 0.2) is 63.0 Å². The number of amides is 1. The van der Waals surface area contributed by atoms with Crippen molar-refractivity contribution in [3.8, 4) is 0 Å². The van der Waals surface area contributed by atoms with E-state index in [-0.39, 0.29) is 31.6 Å². The number of sulfonamides is 1. The van der Waals surface area contributed by atoms with Gasteiger partial charge in [0, 0.05) is 26.2 Å². The van der Waals surface area contributed by atoms with Crippen molar-refractivity contribution in [2.45, 2.75) is 17.6 Å². The second-order valence-electron chi connectivity index (χ2n) is 7.65. The third-order valence-electron chi connectivity index (χ3n) is 5.58. The first-order valence-electron chi connectivity index (χ1n) is 10.2. The van der Waals surface area contributed by atoms with Gasteiger partial charge in [-0.25, -0.2) is 13.2 Å². The fourth-order valence-electron chi connectivity index (χ4n) is 3.82. The summed E-state index contributed by atoms with van der Waals surface area (Å²) in [5.41, 5.74) is -2.33. The highest BCUT2D eigenvalue weighted by atomic mass is 32.2. The summed E-state index contributed by atoms with van der Waals surface area (Å²) in [6, 6.07) is 10.2. The number of carbonyl (C=O) groups excluding carboxylic acids is 1. The van der Waals surface area contributed by atoms with Crippen molar-refractivity contribution in [2.75, 3.05) is 26.2 Å². The molecule has 13 heteroatoms. The van der Waals surface area contributed by atoms with E-state index < -0.39 is 50.4 Å². The van der Waals surface area contributed by atoms with Crippen molar-refractivity contribution in [3.05, 3.63) is 74.9 Å². The van der Waals surface area contributed by atoms with Crippen LogP contribution >= 0.6 is 0 Å². The van der Waals surface area contributed by atoms with Gasteiger partial charge in [0.2, 0.25) is 15.9 Å². The number of fused-ring (bicyclic) bond motifs is 1. The molecule has 1 aliphatic rings. The van der Waals surface area contributed by atoms with Crippen molar-refractivity contribution >= 4 is 26.8 Å². The molecule has 9 nitrogen and oxygen atoms in total. The second-order valence-corrected chi connectivity index (χ2v) is 9.55. The lowest BCUT2D eigenvalue weighted by Gasteiger charge is -2.34. The number of benzene rings is 2. The van der Waals surface area contributed by atoms with Crippen LogP contribution in [0, 0.1) is 0 Å². The van der Waals surface area contributed by atoms with Crippen molar-refractivity contribution in [1.82, 2.24) is 18.8 Å². The quantitative estimate of drug-likeness (QED) is 0.584. The fraction of sp³-hybridized carbons (Fsp3) is 0.286. The third-order valence-corrected chi connectivity index (χ3v) is 7.54. The van der Waals surface area contributed by atoms with Gasteiger partial charge in [0.05, 0.1) is 21.4 Å². The number of nitrogens with zero attached hydrogens (tertiary/aromatic N) is 3. The third kappa shape index (κ3) is 4.35. The van der Waals surface area contributed by atoms with Gasteiger partial charge in [-0.3, -0.25) is 14.2 Å². The number of halogens is 3. The van der Waals surface area contributed by atoms with Crippen LogP contribution in [-0.4, -0.2) is 59.3 Å². The number of alkyl halides is 3. The zero-order valence-electron chi connectivity index (χ0n) is 17.6. The van der Waals surface area contributed by atoms with Crippen molar-refractivity contribution in [3.63, 3.8) is 0 Å². The SMILES string of the molecule is O=C(Cn1c(=O)[nH]c2ccccc2c1=O)N1CCN(S(=O)(=O)c2ccccc2C(F)(F)F)CC1. The molecule has 3 aromatic rings. The minimum Gasteiger partial charge on any atom is -0.338 e. The Kier molecular flexibility index (Phi) is 6.08. The minimum atomic E-state index is -4.85. The number of aromatic nitrogens is 2. The Hall–Kier alpha value is -3.45. The summed E-state index contributed by atoms with van der Waals surface area (Å²) in [5, 5.41) is 0.231. The molecule has 0 unspecified atom stereocenters. The molecule has 1 N–H and O–H groups in total. The van der Waals surface area contributed by atoms with Crippen LogP contribution < -0.4 is 11.2 Å². The number of rotatable bonds is 4. The predicted octanol–water partition coefficient (Wildman–Crippen LogP) is 1.24. The summed E-state index contributed by atoms with van der Waals surface area (Å²) in [6.07, 6.45) is -4.85. The van der Waals surface area contributed by atoms with Crippen LogP contribution in [0.5, 0.6) is 0 Å². The molecule has 0 radical (unpaired) electrons. The van der Waals surface area contributed by atoms with E-state index in [0.717, 1.165) is 21.0 Å². The Bertz CT molecular complexity index is 1470. The second kappa shape index (κ2) is 8.72. The molecule has 1 aromatic heterocycles.